The zero-order valence-electron chi connectivity index (χ0n) is 17.7. The summed E-state index contributed by atoms with van der Waals surface area (Å²) >= 11 is 1.32. The molecule has 1 N–H and O–H groups in total. The number of hydrogen-bond donors (Lipinski definition) is 1. The Hall–Kier alpha value is -3.14. The van der Waals surface area contributed by atoms with E-state index >= 15 is 0 Å². The van der Waals surface area contributed by atoms with Crippen LogP contribution in [0.4, 0.5) is 4.39 Å². The van der Waals surface area contributed by atoms with E-state index in [9.17, 15) is 14.0 Å². The highest BCUT2D eigenvalue weighted by Crippen LogP contribution is 2.24. The van der Waals surface area contributed by atoms with E-state index in [1.54, 1.807) is 29.4 Å². The summed E-state index contributed by atoms with van der Waals surface area (Å²) < 4.78 is 21.2. The SMILES string of the molecule is CCn1c(SCC(=O)NC2CCN(C(=O)c3ccccc3F)CC2)nnc1-c1ccco1. The van der Waals surface area contributed by atoms with E-state index in [1.165, 1.54) is 23.9 Å². The van der Waals surface area contributed by atoms with Crippen LogP contribution in [0.15, 0.2) is 52.2 Å². The van der Waals surface area contributed by atoms with Crippen LogP contribution in [0.1, 0.15) is 30.1 Å². The zero-order valence-corrected chi connectivity index (χ0v) is 18.5. The Morgan fingerprint density at radius 2 is 1.97 bits per heavy atom. The molecule has 0 atom stereocenters. The Morgan fingerprint density at radius 1 is 1.19 bits per heavy atom. The number of piperidine rings is 1. The van der Waals surface area contributed by atoms with Gasteiger partial charge in [-0.05, 0) is 44.0 Å². The molecule has 10 heteroatoms. The molecule has 0 aliphatic carbocycles. The van der Waals surface area contributed by atoms with Gasteiger partial charge in [-0.3, -0.25) is 14.2 Å². The standard InChI is InChI=1S/C22H24FN5O3S/c1-2-28-20(18-8-5-13-31-18)25-26-22(28)32-14-19(29)24-15-9-11-27(12-10-15)21(30)16-6-3-4-7-17(16)23/h3-8,13,15H,2,9-12,14H2,1H3,(H,24,29). The van der Waals surface area contributed by atoms with Crippen molar-refractivity contribution in [1.29, 1.82) is 0 Å². The number of furan rings is 1. The summed E-state index contributed by atoms with van der Waals surface area (Å²) in [5, 5.41) is 12.0. The lowest BCUT2D eigenvalue weighted by molar-refractivity contribution is -0.119. The van der Waals surface area contributed by atoms with Gasteiger partial charge >= 0.3 is 0 Å². The van der Waals surface area contributed by atoms with Gasteiger partial charge in [-0.2, -0.15) is 0 Å². The molecule has 2 aromatic heterocycles. The van der Waals surface area contributed by atoms with Crippen LogP contribution >= 0.6 is 11.8 Å². The molecule has 1 aliphatic heterocycles. The highest BCUT2D eigenvalue weighted by atomic mass is 32.2. The molecule has 0 unspecified atom stereocenters. The third-order valence-corrected chi connectivity index (χ3v) is 6.33. The van der Waals surface area contributed by atoms with Crippen LogP contribution in [0.3, 0.4) is 0 Å². The molecule has 4 rings (SSSR count). The van der Waals surface area contributed by atoms with Crippen molar-refractivity contribution >= 4 is 23.6 Å². The van der Waals surface area contributed by atoms with E-state index in [0.717, 1.165) is 0 Å². The summed E-state index contributed by atoms with van der Waals surface area (Å²) in [4.78, 5) is 26.6. The molecule has 0 bridgehead atoms. The zero-order chi connectivity index (χ0) is 22.5. The van der Waals surface area contributed by atoms with Crippen LogP contribution in [-0.2, 0) is 11.3 Å². The number of nitrogens with one attached hydrogen (secondary N) is 1. The second-order valence-electron chi connectivity index (χ2n) is 7.43. The number of carbonyl (C=O) groups excluding carboxylic acids is 2. The number of hydrogen-bond acceptors (Lipinski definition) is 6. The highest BCUT2D eigenvalue weighted by molar-refractivity contribution is 7.99. The molecule has 0 radical (unpaired) electrons. The summed E-state index contributed by atoms with van der Waals surface area (Å²) in [6.07, 6.45) is 2.84. The van der Waals surface area contributed by atoms with Gasteiger partial charge in [0, 0.05) is 25.7 Å². The molecule has 0 spiro atoms. The summed E-state index contributed by atoms with van der Waals surface area (Å²) in [6, 6.07) is 9.59. The number of benzene rings is 1. The summed E-state index contributed by atoms with van der Waals surface area (Å²) in [5.74, 6) is 0.554. The molecular formula is C22H24FN5O3S. The topological polar surface area (TPSA) is 93.3 Å². The van der Waals surface area contributed by atoms with E-state index in [2.05, 4.69) is 15.5 Å². The van der Waals surface area contributed by atoms with Gasteiger partial charge in [0.15, 0.2) is 16.7 Å². The molecule has 3 aromatic rings. The Labute approximate surface area is 189 Å². The molecule has 1 aliphatic rings. The minimum absolute atomic E-state index is 0.0181. The fourth-order valence-corrected chi connectivity index (χ4v) is 4.51. The van der Waals surface area contributed by atoms with Crippen LogP contribution in [0.5, 0.6) is 0 Å². The first-order valence-electron chi connectivity index (χ1n) is 10.5. The number of aromatic nitrogens is 3. The van der Waals surface area contributed by atoms with Crippen LogP contribution in [0.2, 0.25) is 0 Å². The van der Waals surface area contributed by atoms with Gasteiger partial charge < -0.3 is 14.6 Å². The second-order valence-corrected chi connectivity index (χ2v) is 8.37. The molecule has 1 saturated heterocycles. The van der Waals surface area contributed by atoms with Gasteiger partial charge in [0.25, 0.3) is 5.91 Å². The maximum Gasteiger partial charge on any atom is 0.256 e. The largest absolute Gasteiger partial charge is 0.461 e. The number of likely N-dealkylation sites (tertiary alicyclic amines) is 1. The van der Waals surface area contributed by atoms with Gasteiger partial charge in [-0.1, -0.05) is 23.9 Å². The fourth-order valence-electron chi connectivity index (χ4n) is 3.70. The predicted molar refractivity (Wildman–Crippen MR) is 118 cm³/mol. The summed E-state index contributed by atoms with van der Waals surface area (Å²) in [6.45, 7) is 3.58. The van der Waals surface area contributed by atoms with Gasteiger partial charge in [-0.25, -0.2) is 4.39 Å². The summed E-state index contributed by atoms with van der Waals surface area (Å²) in [5.41, 5.74) is 0.0836. The van der Waals surface area contributed by atoms with Gasteiger partial charge in [0.2, 0.25) is 5.91 Å². The van der Waals surface area contributed by atoms with Crippen LogP contribution in [-0.4, -0.2) is 56.4 Å². The molecule has 1 aromatic carbocycles. The highest BCUT2D eigenvalue weighted by Gasteiger charge is 2.26. The molecule has 168 valence electrons. The van der Waals surface area contributed by atoms with E-state index in [4.69, 9.17) is 4.42 Å². The molecule has 2 amide bonds. The van der Waals surface area contributed by atoms with Gasteiger partial charge in [-0.15, -0.1) is 10.2 Å². The second kappa shape index (κ2) is 9.99. The number of carbonyl (C=O) groups is 2. The number of nitrogens with zero attached hydrogens (tertiary/aromatic N) is 4. The first-order chi connectivity index (χ1) is 15.6. The van der Waals surface area contributed by atoms with E-state index in [1.807, 2.05) is 17.6 Å². The quantitative estimate of drug-likeness (QED) is 0.548. The number of amides is 2. The average Bonchev–Trinajstić information content (AvgIpc) is 3.47. The molecule has 1 fully saturated rings. The van der Waals surface area contributed by atoms with Crippen molar-refractivity contribution in [1.82, 2.24) is 25.0 Å². The maximum absolute atomic E-state index is 13.9. The Balaban J connectivity index is 1.26. The normalized spacial score (nSPS) is 14.5. The molecular weight excluding hydrogens is 433 g/mol. The third-order valence-electron chi connectivity index (χ3n) is 5.36. The monoisotopic (exact) mass is 457 g/mol. The van der Waals surface area contributed by atoms with Crippen molar-refractivity contribution in [3.8, 4) is 11.6 Å². The lowest BCUT2D eigenvalue weighted by Crippen LogP contribution is -2.47. The average molecular weight is 458 g/mol. The van der Waals surface area contributed by atoms with Gasteiger partial charge in [0.1, 0.15) is 5.82 Å². The number of rotatable bonds is 7. The first-order valence-corrected chi connectivity index (χ1v) is 11.5. The maximum atomic E-state index is 13.9. The first kappa shape index (κ1) is 22.1. The number of thioether (sulfide) groups is 1. The van der Waals surface area contributed by atoms with Gasteiger partial charge in [0.05, 0.1) is 17.6 Å². The molecule has 8 nitrogen and oxygen atoms in total. The van der Waals surface area contributed by atoms with Crippen molar-refractivity contribution in [2.24, 2.45) is 0 Å². The van der Waals surface area contributed by atoms with Crippen molar-refractivity contribution in [3.63, 3.8) is 0 Å². The fraction of sp³-hybridized carbons (Fsp3) is 0.364. The van der Waals surface area contributed by atoms with Crippen molar-refractivity contribution in [3.05, 3.63) is 54.0 Å². The van der Waals surface area contributed by atoms with Crippen LogP contribution < -0.4 is 5.32 Å². The molecule has 32 heavy (non-hydrogen) atoms. The Morgan fingerprint density at radius 3 is 2.66 bits per heavy atom. The summed E-state index contributed by atoms with van der Waals surface area (Å²) in [7, 11) is 0. The van der Waals surface area contributed by atoms with Crippen molar-refractivity contribution < 1.29 is 18.4 Å². The van der Waals surface area contributed by atoms with Crippen molar-refractivity contribution in [2.75, 3.05) is 18.8 Å². The Kier molecular flexibility index (Phi) is 6.89. The minimum atomic E-state index is -0.514. The lowest BCUT2D eigenvalue weighted by Gasteiger charge is -2.32. The van der Waals surface area contributed by atoms with E-state index in [0.29, 0.717) is 49.2 Å². The van der Waals surface area contributed by atoms with E-state index in [-0.39, 0.29) is 29.2 Å². The minimum Gasteiger partial charge on any atom is -0.461 e. The molecule has 3 heterocycles. The predicted octanol–water partition coefficient (Wildman–Crippen LogP) is 3.21. The van der Waals surface area contributed by atoms with E-state index < -0.39 is 5.82 Å². The third kappa shape index (κ3) is 4.85. The number of halogens is 1. The Bertz CT molecular complexity index is 1080. The van der Waals surface area contributed by atoms with Crippen molar-refractivity contribution in [2.45, 2.75) is 37.5 Å². The lowest BCUT2D eigenvalue weighted by atomic mass is 10.0. The van der Waals surface area contributed by atoms with Crippen LogP contribution in [0.25, 0.3) is 11.6 Å². The van der Waals surface area contributed by atoms with Crippen LogP contribution in [0, 0.1) is 5.82 Å². The molecule has 0 saturated carbocycles. The smallest absolute Gasteiger partial charge is 0.256 e.